The van der Waals surface area contributed by atoms with E-state index >= 15 is 0 Å². The third-order valence-corrected chi connectivity index (χ3v) is 6.11. The second-order valence-corrected chi connectivity index (χ2v) is 7.75. The zero-order valence-corrected chi connectivity index (χ0v) is 16.7. The number of carbonyl (C=O) groups excluding carboxylic acids is 1. The summed E-state index contributed by atoms with van der Waals surface area (Å²) in [5.41, 5.74) is 2.77. The quantitative estimate of drug-likeness (QED) is 0.555. The number of benzene rings is 2. The van der Waals surface area contributed by atoms with Crippen LogP contribution in [0, 0.1) is 0 Å². The molecule has 7 nitrogen and oxygen atoms in total. The highest BCUT2D eigenvalue weighted by Crippen LogP contribution is 2.42. The molecule has 2 aromatic carbocycles. The average molecular weight is 406 g/mol. The van der Waals surface area contributed by atoms with Crippen molar-refractivity contribution in [1.82, 2.24) is 14.8 Å². The molecule has 146 valence electrons. The van der Waals surface area contributed by atoms with Gasteiger partial charge in [-0.3, -0.25) is 4.79 Å². The predicted octanol–water partition coefficient (Wildman–Crippen LogP) is 3.97. The normalized spacial score (nSPS) is 15.8. The molecule has 4 aromatic rings. The average Bonchev–Trinajstić information content (AvgIpc) is 3.36. The molecule has 8 heteroatoms. The van der Waals surface area contributed by atoms with Gasteiger partial charge in [0.25, 0.3) is 0 Å². The van der Waals surface area contributed by atoms with Crippen LogP contribution in [0.2, 0.25) is 0 Å². The standard InChI is InChI=1S/C21H18N4O3S/c1-27-12-7-8-13(17(9-12)28-2)14-10-19(26)24-20-15(14)11-22-25(20)21-23-16-5-3-4-6-18(16)29-21/h3-9,11,14H,10H2,1-2H3,(H,24,26). The lowest BCUT2D eigenvalue weighted by Crippen LogP contribution is -2.24. The summed E-state index contributed by atoms with van der Waals surface area (Å²) in [6.07, 6.45) is 2.12. The molecule has 1 amide bonds. The topological polar surface area (TPSA) is 78.3 Å². The number of aromatic nitrogens is 3. The molecule has 5 rings (SSSR count). The maximum Gasteiger partial charge on any atom is 0.226 e. The number of rotatable bonds is 4. The Morgan fingerprint density at radius 3 is 2.79 bits per heavy atom. The lowest BCUT2D eigenvalue weighted by molar-refractivity contribution is -0.116. The first-order valence-electron chi connectivity index (χ1n) is 9.13. The minimum Gasteiger partial charge on any atom is -0.497 e. The third kappa shape index (κ3) is 2.92. The summed E-state index contributed by atoms with van der Waals surface area (Å²) in [6.45, 7) is 0. The number of anilines is 1. The number of nitrogens with zero attached hydrogens (tertiary/aromatic N) is 3. The Hall–Kier alpha value is -3.39. The number of methoxy groups -OCH3 is 2. The van der Waals surface area contributed by atoms with Gasteiger partial charge in [-0.1, -0.05) is 29.5 Å². The number of thiazole rings is 1. The number of hydrogen-bond donors (Lipinski definition) is 1. The molecule has 1 unspecified atom stereocenters. The van der Waals surface area contributed by atoms with E-state index in [1.165, 1.54) is 11.3 Å². The molecule has 0 aliphatic carbocycles. The van der Waals surface area contributed by atoms with Crippen LogP contribution in [0.25, 0.3) is 15.3 Å². The first-order valence-corrected chi connectivity index (χ1v) is 9.95. The number of carbonyl (C=O) groups is 1. The predicted molar refractivity (Wildman–Crippen MR) is 111 cm³/mol. The Labute approximate surface area is 170 Å². The van der Waals surface area contributed by atoms with E-state index in [0.29, 0.717) is 23.7 Å². The van der Waals surface area contributed by atoms with E-state index < -0.39 is 0 Å². The summed E-state index contributed by atoms with van der Waals surface area (Å²) < 4.78 is 13.7. The number of nitrogens with one attached hydrogen (secondary N) is 1. The van der Waals surface area contributed by atoms with Gasteiger partial charge in [0.2, 0.25) is 11.0 Å². The maximum atomic E-state index is 12.6. The molecule has 0 fully saturated rings. The van der Waals surface area contributed by atoms with E-state index in [1.54, 1.807) is 25.1 Å². The highest BCUT2D eigenvalue weighted by atomic mass is 32.1. The van der Waals surface area contributed by atoms with Gasteiger partial charge < -0.3 is 14.8 Å². The van der Waals surface area contributed by atoms with Crippen LogP contribution in [-0.2, 0) is 4.79 Å². The number of amides is 1. The molecule has 0 radical (unpaired) electrons. The molecule has 1 aliphatic heterocycles. The molecule has 1 aliphatic rings. The molecule has 1 N–H and O–H groups in total. The van der Waals surface area contributed by atoms with Crippen LogP contribution in [0.15, 0.2) is 48.7 Å². The van der Waals surface area contributed by atoms with Gasteiger partial charge in [-0.25, -0.2) is 4.98 Å². The Morgan fingerprint density at radius 2 is 2.00 bits per heavy atom. The Balaban J connectivity index is 1.62. The van der Waals surface area contributed by atoms with Gasteiger partial charge in [-0.05, 0) is 18.2 Å². The van der Waals surface area contributed by atoms with E-state index in [-0.39, 0.29) is 11.8 Å². The zero-order chi connectivity index (χ0) is 20.0. The van der Waals surface area contributed by atoms with Crippen molar-refractivity contribution in [3.8, 4) is 16.6 Å². The van der Waals surface area contributed by atoms with Gasteiger partial charge in [-0.15, -0.1) is 0 Å². The number of ether oxygens (including phenoxy) is 2. The molecule has 29 heavy (non-hydrogen) atoms. The summed E-state index contributed by atoms with van der Waals surface area (Å²) in [5.74, 6) is 1.81. The van der Waals surface area contributed by atoms with Crippen LogP contribution in [0.1, 0.15) is 23.5 Å². The largest absolute Gasteiger partial charge is 0.497 e. The molecule has 0 saturated heterocycles. The van der Waals surface area contributed by atoms with Crippen molar-refractivity contribution >= 4 is 33.3 Å². The van der Waals surface area contributed by atoms with Crippen molar-refractivity contribution in [2.75, 3.05) is 19.5 Å². The van der Waals surface area contributed by atoms with Gasteiger partial charge in [0.05, 0.1) is 30.6 Å². The highest BCUT2D eigenvalue weighted by Gasteiger charge is 2.32. The van der Waals surface area contributed by atoms with E-state index in [0.717, 1.165) is 26.5 Å². The van der Waals surface area contributed by atoms with Gasteiger partial charge in [0, 0.05) is 29.5 Å². The van der Waals surface area contributed by atoms with Crippen LogP contribution in [0.5, 0.6) is 11.5 Å². The molecule has 3 heterocycles. The lowest BCUT2D eigenvalue weighted by Gasteiger charge is -2.25. The zero-order valence-electron chi connectivity index (χ0n) is 15.9. The Morgan fingerprint density at radius 1 is 1.14 bits per heavy atom. The summed E-state index contributed by atoms with van der Waals surface area (Å²) in [5, 5.41) is 8.24. The number of para-hydroxylation sites is 1. The van der Waals surface area contributed by atoms with E-state index in [2.05, 4.69) is 15.4 Å². The highest BCUT2D eigenvalue weighted by molar-refractivity contribution is 7.20. The van der Waals surface area contributed by atoms with Crippen LogP contribution < -0.4 is 14.8 Å². The summed E-state index contributed by atoms with van der Waals surface area (Å²) in [7, 11) is 3.23. The SMILES string of the molecule is COc1ccc(C2CC(=O)Nc3c2cnn3-c2nc3ccccc3s2)c(OC)c1. The van der Waals surface area contributed by atoms with Crippen molar-refractivity contribution in [2.24, 2.45) is 0 Å². The molecule has 2 aromatic heterocycles. The maximum absolute atomic E-state index is 12.6. The van der Waals surface area contributed by atoms with Crippen molar-refractivity contribution < 1.29 is 14.3 Å². The molecule has 0 bridgehead atoms. The smallest absolute Gasteiger partial charge is 0.226 e. The van der Waals surface area contributed by atoms with Gasteiger partial charge in [-0.2, -0.15) is 9.78 Å². The van der Waals surface area contributed by atoms with Crippen LogP contribution in [-0.4, -0.2) is 34.9 Å². The molecule has 0 saturated carbocycles. The second-order valence-electron chi connectivity index (χ2n) is 6.74. The Kier molecular flexibility index (Phi) is 4.21. The Bertz CT molecular complexity index is 1200. The first-order chi connectivity index (χ1) is 14.2. The first kappa shape index (κ1) is 17.7. The van der Waals surface area contributed by atoms with E-state index in [9.17, 15) is 4.79 Å². The molecular formula is C21H18N4O3S. The summed E-state index contributed by atoms with van der Waals surface area (Å²) in [4.78, 5) is 17.2. The van der Waals surface area contributed by atoms with Gasteiger partial charge in [0.1, 0.15) is 17.3 Å². The fourth-order valence-electron chi connectivity index (χ4n) is 3.70. The van der Waals surface area contributed by atoms with Gasteiger partial charge >= 0.3 is 0 Å². The molecular weight excluding hydrogens is 388 g/mol. The van der Waals surface area contributed by atoms with E-state index in [1.807, 2.05) is 42.5 Å². The van der Waals surface area contributed by atoms with Crippen molar-refractivity contribution in [3.05, 3.63) is 59.8 Å². The van der Waals surface area contributed by atoms with Gasteiger partial charge in [0.15, 0.2) is 0 Å². The number of fused-ring (bicyclic) bond motifs is 2. The van der Waals surface area contributed by atoms with Crippen molar-refractivity contribution in [3.63, 3.8) is 0 Å². The molecule has 0 spiro atoms. The van der Waals surface area contributed by atoms with Crippen LogP contribution in [0.3, 0.4) is 0 Å². The minimum atomic E-state index is -0.164. The second kappa shape index (κ2) is 6.89. The summed E-state index contributed by atoms with van der Waals surface area (Å²) >= 11 is 1.54. The van der Waals surface area contributed by atoms with E-state index in [4.69, 9.17) is 9.47 Å². The monoisotopic (exact) mass is 406 g/mol. The third-order valence-electron chi connectivity index (χ3n) is 5.10. The summed E-state index contributed by atoms with van der Waals surface area (Å²) in [6, 6.07) is 13.6. The van der Waals surface area contributed by atoms with Crippen molar-refractivity contribution in [1.29, 1.82) is 0 Å². The number of hydrogen-bond acceptors (Lipinski definition) is 6. The minimum absolute atomic E-state index is 0.0665. The van der Waals surface area contributed by atoms with Crippen LogP contribution >= 0.6 is 11.3 Å². The fourth-order valence-corrected chi connectivity index (χ4v) is 4.63. The van der Waals surface area contributed by atoms with Crippen molar-refractivity contribution in [2.45, 2.75) is 12.3 Å². The lowest BCUT2D eigenvalue weighted by atomic mass is 9.86. The molecule has 1 atom stereocenters. The fraction of sp³-hybridized carbons (Fsp3) is 0.190. The van der Waals surface area contributed by atoms with Crippen LogP contribution in [0.4, 0.5) is 5.82 Å².